The molecule has 0 aliphatic carbocycles. The highest BCUT2D eigenvalue weighted by Gasteiger charge is 2.42. The van der Waals surface area contributed by atoms with E-state index in [1.807, 2.05) is 36.4 Å². The third-order valence-corrected chi connectivity index (χ3v) is 5.83. The van der Waals surface area contributed by atoms with Crippen molar-refractivity contribution in [1.82, 2.24) is 20.1 Å². The van der Waals surface area contributed by atoms with Crippen molar-refractivity contribution in [2.45, 2.75) is 44.3 Å². The van der Waals surface area contributed by atoms with E-state index in [0.29, 0.717) is 38.0 Å². The number of benzene rings is 1. The van der Waals surface area contributed by atoms with E-state index in [-0.39, 0.29) is 17.7 Å². The molecule has 1 aromatic carbocycles. The van der Waals surface area contributed by atoms with Gasteiger partial charge in [-0.25, -0.2) is 0 Å². The molecular formula is C23H26N4O3. The van der Waals surface area contributed by atoms with Crippen LogP contribution in [0.1, 0.15) is 41.7 Å². The molecular weight excluding hydrogens is 380 g/mol. The van der Waals surface area contributed by atoms with Crippen LogP contribution in [0.4, 0.5) is 0 Å². The van der Waals surface area contributed by atoms with Crippen molar-refractivity contribution in [2.75, 3.05) is 13.1 Å². The van der Waals surface area contributed by atoms with Crippen LogP contribution in [0.5, 0.6) is 0 Å². The van der Waals surface area contributed by atoms with E-state index >= 15 is 0 Å². The van der Waals surface area contributed by atoms with Gasteiger partial charge in [0.2, 0.25) is 11.8 Å². The van der Waals surface area contributed by atoms with Gasteiger partial charge in [0, 0.05) is 24.8 Å². The summed E-state index contributed by atoms with van der Waals surface area (Å²) in [6.07, 6.45) is 4.53. The minimum atomic E-state index is -0.498. The van der Waals surface area contributed by atoms with Gasteiger partial charge in [0.05, 0.1) is 12.2 Å². The third-order valence-electron chi connectivity index (χ3n) is 5.83. The molecule has 30 heavy (non-hydrogen) atoms. The predicted molar refractivity (Wildman–Crippen MR) is 111 cm³/mol. The Bertz CT molecular complexity index is 903. The summed E-state index contributed by atoms with van der Waals surface area (Å²) in [6.45, 7) is 1.44. The Morgan fingerprint density at radius 2 is 1.60 bits per heavy atom. The first-order chi connectivity index (χ1) is 14.6. The lowest BCUT2D eigenvalue weighted by molar-refractivity contribution is -0.141. The van der Waals surface area contributed by atoms with Crippen LogP contribution in [0.2, 0.25) is 0 Å². The molecule has 2 aliphatic rings. The van der Waals surface area contributed by atoms with Crippen LogP contribution in [0, 0.1) is 0 Å². The van der Waals surface area contributed by atoms with Crippen molar-refractivity contribution < 1.29 is 14.4 Å². The molecule has 1 aromatic heterocycles. The first-order valence-corrected chi connectivity index (χ1v) is 10.5. The lowest BCUT2D eigenvalue weighted by atomic mass is 10.1. The van der Waals surface area contributed by atoms with Crippen LogP contribution in [-0.2, 0) is 16.1 Å². The SMILES string of the molecule is O=C(NCc1ccccn1)[C@@H]1CCCN1C(=O)[C@@H]1CCCN1C(=O)c1ccccc1. The van der Waals surface area contributed by atoms with E-state index in [1.54, 1.807) is 28.1 Å². The number of amides is 3. The zero-order valence-corrected chi connectivity index (χ0v) is 16.9. The standard InChI is InChI=1S/C23H26N4O3/c28-21(25-16-18-10-4-5-13-24-18)19-11-6-14-26(19)23(30)20-12-7-15-27(20)22(29)17-8-2-1-3-9-17/h1-5,8-10,13,19-20H,6-7,11-12,14-16H2,(H,25,28)/t19-,20-/m0/s1. The highest BCUT2D eigenvalue weighted by atomic mass is 16.2. The lowest BCUT2D eigenvalue weighted by Crippen LogP contribution is -2.52. The van der Waals surface area contributed by atoms with Gasteiger partial charge in [0.15, 0.2) is 0 Å². The van der Waals surface area contributed by atoms with Crippen molar-refractivity contribution >= 4 is 17.7 Å². The number of nitrogens with zero attached hydrogens (tertiary/aromatic N) is 3. The number of aromatic nitrogens is 1. The van der Waals surface area contributed by atoms with Crippen molar-refractivity contribution in [3.8, 4) is 0 Å². The van der Waals surface area contributed by atoms with Crippen molar-refractivity contribution in [2.24, 2.45) is 0 Å². The molecule has 0 spiro atoms. The molecule has 2 atom stereocenters. The van der Waals surface area contributed by atoms with Crippen LogP contribution in [0.25, 0.3) is 0 Å². The maximum atomic E-state index is 13.3. The molecule has 0 saturated carbocycles. The number of likely N-dealkylation sites (tertiary alicyclic amines) is 2. The minimum absolute atomic E-state index is 0.118. The first kappa shape index (κ1) is 20.1. The molecule has 7 nitrogen and oxygen atoms in total. The number of rotatable bonds is 5. The van der Waals surface area contributed by atoms with E-state index in [1.165, 1.54) is 0 Å². The average molecular weight is 406 g/mol. The summed E-state index contributed by atoms with van der Waals surface area (Å²) in [5.74, 6) is -0.403. The Hall–Kier alpha value is -3.22. The number of hydrogen-bond donors (Lipinski definition) is 1. The minimum Gasteiger partial charge on any atom is -0.349 e. The molecule has 7 heteroatoms. The van der Waals surface area contributed by atoms with Gasteiger partial charge in [-0.2, -0.15) is 0 Å². The van der Waals surface area contributed by atoms with Crippen LogP contribution < -0.4 is 5.32 Å². The lowest BCUT2D eigenvalue weighted by Gasteiger charge is -2.31. The van der Waals surface area contributed by atoms with Crippen LogP contribution in [0.3, 0.4) is 0 Å². The maximum Gasteiger partial charge on any atom is 0.254 e. The summed E-state index contributed by atoms with van der Waals surface area (Å²) in [4.78, 5) is 46.6. The summed E-state index contributed by atoms with van der Waals surface area (Å²) >= 11 is 0. The molecule has 2 saturated heterocycles. The second kappa shape index (κ2) is 9.07. The Kier molecular flexibility index (Phi) is 6.07. The van der Waals surface area contributed by atoms with Crippen LogP contribution in [0.15, 0.2) is 54.7 Å². The van der Waals surface area contributed by atoms with Gasteiger partial charge in [-0.05, 0) is 49.9 Å². The van der Waals surface area contributed by atoms with Crippen LogP contribution >= 0.6 is 0 Å². The van der Waals surface area contributed by atoms with E-state index < -0.39 is 12.1 Å². The molecule has 0 bridgehead atoms. The zero-order chi connectivity index (χ0) is 20.9. The number of pyridine rings is 1. The second-order valence-electron chi connectivity index (χ2n) is 7.75. The Labute approximate surface area is 176 Å². The zero-order valence-electron chi connectivity index (χ0n) is 16.9. The Morgan fingerprint density at radius 1 is 0.900 bits per heavy atom. The molecule has 4 rings (SSSR count). The van der Waals surface area contributed by atoms with Gasteiger partial charge >= 0.3 is 0 Å². The number of nitrogens with one attached hydrogen (secondary N) is 1. The molecule has 156 valence electrons. The molecule has 2 aliphatic heterocycles. The summed E-state index contributed by atoms with van der Waals surface area (Å²) in [5, 5.41) is 2.90. The van der Waals surface area contributed by atoms with Gasteiger partial charge in [-0.1, -0.05) is 24.3 Å². The first-order valence-electron chi connectivity index (χ1n) is 10.5. The summed E-state index contributed by atoms with van der Waals surface area (Å²) in [6, 6.07) is 13.6. The predicted octanol–water partition coefficient (Wildman–Crippen LogP) is 1.99. The Morgan fingerprint density at radius 3 is 2.33 bits per heavy atom. The van der Waals surface area contributed by atoms with Gasteiger partial charge in [0.1, 0.15) is 12.1 Å². The number of hydrogen-bond acceptors (Lipinski definition) is 4. The maximum absolute atomic E-state index is 13.3. The van der Waals surface area contributed by atoms with E-state index in [9.17, 15) is 14.4 Å². The van der Waals surface area contributed by atoms with Crippen molar-refractivity contribution in [1.29, 1.82) is 0 Å². The average Bonchev–Trinajstić information content (AvgIpc) is 3.48. The van der Waals surface area contributed by atoms with E-state index in [2.05, 4.69) is 10.3 Å². The smallest absolute Gasteiger partial charge is 0.254 e. The molecule has 3 amide bonds. The topological polar surface area (TPSA) is 82.6 Å². The van der Waals surface area contributed by atoms with Crippen LogP contribution in [-0.4, -0.2) is 57.7 Å². The number of carbonyl (C=O) groups excluding carboxylic acids is 3. The van der Waals surface area contributed by atoms with E-state index in [4.69, 9.17) is 0 Å². The van der Waals surface area contributed by atoms with Gasteiger partial charge in [-0.15, -0.1) is 0 Å². The Balaban J connectivity index is 1.42. The molecule has 2 fully saturated rings. The molecule has 2 aromatic rings. The van der Waals surface area contributed by atoms with Gasteiger partial charge < -0.3 is 15.1 Å². The fourth-order valence-corrected chi connectivity index (χ4v) is 4.31. The van der Waals surface area contributed by atoms with Crippen molar-refractivity contribution in [3.05, 3.63) is 66.0 Å². The quantitative estimate of drug-likeness (QED) is 0.823. The highest BCUT2D eigenvalue weighted by molar-refractivity contribution is 5.98. The second-order valence-corrected chi connectivity index (χ2v) is 7.75. The molecule has 3 heterocycles. The van der Waals surface area contributed by atoms with Gasteiger partial charge in [0.25, 0.3) is 5.91 Å². The van der Waals surface area contributed by atoms with Gasteiger partial charge in [-0.3, -0.25) is 19.4 Å². The molecule has 0 radical (unpaired) electrons. The van der Waals surface area contributed by atoms with E-state index in [0.717, 1.165) is 18.5 Å². The summed E-state index contributed by atoms with van der Waals surface area (Å²) in [5.41, 5.74) is 1.36. The molecule has 1 N–H and O–H groups in total. The normalized spacial score (nSPS) is 20.9. The fraction of sp³-hybridized carbons (Fsp3) is 0.391. The largest absolute Gasteiger partial charge is 0.349 e. The number of carbonyl (C=O) groups is 3. The third kappa shape index (κ3) is 4.20. The molecule has 0 unspecified atom stereocenters. The van der Waals surface area contributed by atoms with Crippen molar-refractivity contribution in [3.63, 3.8) is 0 Å². The monoisotopic (exact) mass is 406 g/mol. The summed E-state index contributed by atoms with van der Waals surface area (Å²) in [7, 11) is 0. The highest BCUT2D eigenvalue weighted by Crippen LogP contribution is 2.26. The summed E-state index contributed by atoms with van der Waals surface area (Å²) < 4.78 is 0. The fourth-order valence-electron chi connectivity index (χ4n) is 4.31.